The molecule has 1 aliphatic heterocycles. The zero-order valence-corrected chi connectivity index (χ0v) is 24.3. The number of halogens is 7. The van der Waals surface area contributed by atoms with E-state index in [9.17, 15) is 31.9 Å². The van der Waals surface area contributed by atoms with Gasteiger partial charge in [-0.2, -0.15) is 18.3 Å². The van der Waals surface area contributed by atoms with E-state index in [-0.39, 0.29) is 66.8 Å². The van der Waals surface area contributed by atoms with Crippen LogP contribution in [0.2, 0.25) is 10.0 Å². The van der Waals surface area contributed by atoms with Crippen LogP contribution < -0.4 is 10.2 Å². The standard InChI is InChI=1S/C29H25Cl2F5N6O2/c30-18-1-4-21(24(31)11-18)27(43)39-20-3-6-26(23(13-20)29(34,35)36)41-9-7-40(8-10-41)14-28(44,15-42-17-37-16-38-42)22-5-2-19(32)12-25(22)33/h1-6,11-13,16-17,44H,7-10,14-15H2,(H,39,43). The minimum atomic E-state index is -4.73. The summed E-state index contributed by atoms with van der Waals surface area (Å²) in [6.45, 7) is 0.470. The first-order valence-corrected chi connectivity index (χ1v) is 14.0. The summed E-state index contributed by atoms with van der Waals surface area (Å²) in [4.78, 5) is 19.9. The first kappa shape index (κ1) is 31.6. The topological polar surface area (TPSA) is 86.5 Å². The number of aliphatic hydroxyl groups is 1. The van der Waals surface area contributed by atoms with Crippen LogP contribution in [0.25, 0.3) is 0 Å². The lowest BCUT2D eigenvalue weighted by Crippen LogP contribution is -2.52. The summed E-state index contributed by atoms with van der Waals surface area (Å²) in [5.41, 5.74) is -3.04. The number of carbonyl (C=O) groups is 1. The van der Waals surface area contributed by atoms with Gasteiger partial charge >= 0.3 is 6.18 Å². The molecule has 1 aromatic heterocycles. The molecule has 4 aromatic rings. The number of rotatable bonds is 8. The van der Waals surface area contributed by atoms with Crippen LogP contribution in [0.1, 0.15) is 21.5 Å². The predicted molar refractivity (Wildman–Crippen MR) is 155 cm³/mol. The molecule has 232 valence electrons. The van der Waals surface area contributed by atoms with Crippen LogP contribution in [-0.4, -0.2) is 63.4 Å². The van der Waals surface area contributed by atoms with E-state index in [4.69, 9.17) is 23.2 Å². The molecule has 1 unspecified atom stereocenters. The van der Waals surface area contributed by atoms with Crippen molar-refractivity contribution >= 4 is 40.5 Å². The molecular weight excluding hydrogens is 630 g/mol. The number of amides is 1. The monoisotopic (exact) mass is 654 g/mol. The molecule has 0 radical (unpaired) electrons. The molecule has 1 amide bonds. The molecule has 1 fully saturated rings. The smallest absolute Gasteiger partial charge is 0.382 e. The van der Waals surface area contributed by atoms with E-state index in [0.717, 1.165) is 18.2 Å². The van der Waals surface area contributed by atoms with Gasteiger partial charge in [-0.05, 0) is 42.5 Å². The lowest BCUT2D eigenvalue weighted by atomic mass is 9.92. The predicted octanol–water partition coefficient (Wildman–Crippen LogP) is 5.84. The second-order valence-electron chi connectivity index (χ2n) is 10.3. The lowest BCUT2D eigenvalue weighted by Gasteiger charge is -2.41. The van der Waals surface area contributed by atoms with Crippen LogP contribution in [0.15, 0.2) is 67.3 Å². The Bertz CT molecular complexity index is 1650. The van der Waals surface area contributed by atoms with Gasteiger partial charge in [0.05, 0.1) is 22.7 Å². The summed E-state index contributed by atoms with van der Waals surface area (Å²) in [5.74, 6) is -2.44. The van der Waals surface area contributed by atoms with Crippen LogP contribution in [0.4, 0.5) is 33.3 Å². The number of carbonyl (C=O) groups excluding carboxylic acids is 1. The van der Waals surface area contributed by atoms with Gasteiger partial charge in [-0.1, -0.05) is 29.3 Å². The molecule has 2 heterocycles. The fraction of sp³-hybridized carbons (Fsp3) is 0.276. The fourth-order valence-electron chi connectivity index (χ4n) is 5.18. The number of aromatic nitrogens is 3. The molecule has 15 heteroatoms. The Morgan fingerprint density at radius 2 is 1.68 bits per heavy atom. The van der Waals surface area contributed by atoms with E-state index < -0.39 is 34.9 Å². The molecule has 0 aliphatic carbocycles. The number of hydrogen-bond donors (Lipinski definition) is 2. The highest BCUT2D eigenvalue weighted by Crippen LogP contribution is 2.39. The average Bonchev–Trinajstić information content (AvgIpc) is 3.45. The summed E-state index contributed by atoms with van der Waals surface area (Å²) in [7, 11) is 0. The number of anilines is 2. The van der Waals surface area contributed by atoms with Crippen molar-refractivity contribution in [2.75, 3.05) is 42.9 Å². The number of nitrogens with one attached hydrogen (secondary N) is 1. The summed E-state index contributed by atoms with van der Waals surface area (Å²) in [5, 5.41) is 18.4. The van der Waals surface area contributed by atoms with E-state index in [2.05, 4.69) is 15.4 Å². The van der Waals surface area contributed by atoms with E-state index in [1.807, 2.05) is 0 Å². The Balaban J connectivity index is 1.32. The Kier molecular flexibility index (Phi) is 9.12. The van der Waals surface area contributed by atoms with E-state index in [1.165, 1.54) is 47.7 Å². The molecule has 5 rings (SSSR count). The summed E-state index contributed by atoms with van der Waals surface area (Å²) in [6, 6.07) is 10.6. The normalized spacial score (nSPS) is 15.7. The first-order valence-electron chi connectivity index (χ1n) is 13.3. The Hall–Kier alpha value is -3.78. The van der Waals surface area contributed by atoms with Crippen LogP contribution >= 0.6 is 23.2 Å². The third-order valence-corrected chi connectivity index (χ3v) is 7.80. The summed E-state index contributed by atoms with van der Waals surface area (Å²) in [6.07, 6.45) is -2.13. The third-order valence-electron chi connectivity index (χ3n) is 7.26. The molecular formula is C29H25Cl2F5N6O2. The van der Waals surface area contributed by atoms with Gasteiger partial charge in [0.15, 0.2) is 0 Å². The molecule has 0 spiro atoms. The van der Waals surface area contributed by atoms with Crippen molar-refractivity contribution in [3.63, 3.8) is 0 Å². The molecule has 3 aromatic carbocycles. The van der Waals surface area contributed by atoms with Gasteiger partial charge < -0.3 is 15.3 Å². The van der Waals surface area contributed by atoms with Crippen molar-refractivity contribution in [1.29, 1.82) is 0 Å². The van der Waals surface area contributed by atoms with E-state index in [0.29, 0.717) is 11.1 Å². The highest BCUT2D eigenvalue weighted by Gasteiger charge is 2.39. The number of benzene rings is 3. The van der Waals surface area contributed by atoms with Gasteiger partial charge in [-0.15, -0.1) is 0 Å². The second-order valence-corrected chi connectivity index (χ2v) is 11.2. The quantitative estimate of drug-likeness (QED) is 0.232. The summed E-state index contributed by atoms with van der Waals surface area (Å²) < 4.78 is 72.3. The number of alkyl halides is 3. The fourth-order valence-corrected chi connectivity index (χ4v) is 5.67. The molecule has 44 heavy (non-hydrogen) atoms. The molecule has 1 atom stereocenters. The lowest BCUT2D eigenvalue weighted by molar-refractivity contribution is -0.137. The molecule has 1 saturated heterocycles. The molecule has 0 saturated carbocycles. The number of nitrogens with zero attached hydrogens (tertiary/aromatic N) is 5. The van der Waals surface area contributed by atoms with Crippen molar-refractivity contribution in [3.8, 4) is 0 Å². The number of piperazine rings is 1. The molecule has 0 bridgehead atoms. The van der Waals surface area contributed by atoms with Gasteiger partial charge in [0, 0.05) is 60.8 Å². The Labute approximate surface area is 258 Å². The van der Waals surface area contributed by atoms with E-state index >= 15 is 0 Å². The van der Waals surface area contributed by atoms with Crippen LogP contribution in [0.3, 0.4) is 0 Å². The van der Waals surface area contributed by atoms with E-state index in [1.54, 1.807) is 9.80 Å². The zero-order chi connectivity index (χ0) is 31.6. The second kappa shape index (κ2) is 12.7. The first-order chi connectivity index (χ1) is 20.8. The Morgan fingerprint density at radius 3 is 2.32 bits per heavy atom. The van der Waals surface area contributed by atoms with Crippen LogP contribution in [0, 0.1) is 11.6 Å². The van der Waals surface area contributed by atoms with Gasteiger partial charge in [-0.25, -0.2) is 18.4 Å². The van der Waals surface area contributed by atoms with Crippen molar-refractivity contribution in [1.82, 2.24) is 19.7 Å². The van der Waals surface area contributed by atoms with Gasteiger partial charge in [0.2, 0.25) is 0 Å². The maximum Gasteiger partial charge on any atom is 0.418 e. The van der Waals surface area contributed by atoms with Crippen molar-refractivity contribution in [3.05, 3.63) is 106 Å². The van der Waals surface area contributed by atoms with Gasteiger partial charge in [0.25, 0.3) is 5.91 Å². The van der Waals surface area contributed by atoms with Crippen LogP contribution in [0.5, 0.6) is 0 Å². The van der Waals surface area contributed by atoms with Crippen molar-refractivity contribution in [2.45, 2.75) is 18.3 Å². The highest BCUT2D eigenvalue weighted by atomic mass is 35.5. The minimum absolute atomic E-state index is 0.0501. The molecule has 1 aliphatic rings. The molecule has 8 nitrogen and oxygen atoms in total. The summed E-state index contributed by atoms with van der Waals surface area (Å²) >= 11 is 11.9. The number of β-amino-alcohol motifs (C(OH)–C–C–N with tert-alkyl or cyclic N) is 1. The average molecular weight is 655 g/mol. The van der Waals surface area contributed by atoms with Crippen molar-refractivity contribution in [2.24, 2.45) is 0 Å². The maximum atomic E-state index is 14.8. The largest absolute Gasteiger partial charge is 0.418 e. The van der Waals surface area contributed by atoms with Crippen molar-refractivity contribution < 1.29 is 31.9 Å². The van der Waals surface area contributed by atoms with Gasteiger partial charge in [0.1, 0.15) is 29.9 Å². The highest BCUT2D eigenvalue weighted by molar-refractivity contribution is 6.37. The van der Waals surface area contributed by atoms with Gasteiger partial charge in [-0.3, -0.25) is 9.69 Å². The zero-order valence-electron chi connectivity index (χ0n) is 22.8. The van der Waals surface area contributed by atoms with Crippen LogP contribution in [-0.2, 0) is 18.3 Å². The maximum absolute atomic E-state index is 14.8. The molecule has 2 N–H and O–H groups in total. The number of hydrogen-bond acceptors (Lipinski definition) is 6. The third kappa shape index (κ3) is 7.12. The SMILES string of the molecule is O=C(Nc1ccc(N2CCN(CC(O)(Cn3cncn3)c3ccc(F)cc3F)CC2)c(C(F)(F)F)c1)c1ccc(Cl)cc1Cl. The Morgan fingerprint density at radius 1 is 0.932 bits per heavy atom. The minimum Gasteiger partial charge on any atom is -0.382 e.